The number of para-hydroxylation sites is 1. The third-order valence-electron chi connectivity index (χ3n) is 4.26. The van der Waals surface area contributed by atoms with E-state index in [4.69, 9.17) is 0 Å². The van der Waals surface area contributed by atoms with E-state index in [9.17, 15) is 0 Å². The standard InChI is InChI=1S/C20H20N6/c1-25-14-18(20(24-25)16-6-8-21-9-7-16)13-23-12-17-4-2-3-5-19(17)26-11-10-22-15-26/h2-11,14-15,23H,12-13H2,1H3. The van der Waals surface area contributed by atoms with E-state index in [1.54, 1.807) is 18.6 Å². The fourth-order valence-corrected chi connectivity index (χ4v) is 3.07. The Morgan fingerprint density at radius 3 is 2.54 bits per heavy atom. The maximum absolute atomic E-state index is 4.60. The van der Waals surface area contributed by atoms with E-state index in [0.29, 0.717) is 0 Å². The minimum atomic E-state index is 0.740. The van der Waals surface area contributed by atoms with Gasteiger partial charge >= 0.3 is 0 Å². The zero-order valence-corrected chi connectivity index (χ0v) is 14.6. The van der Waals surface area contributed by atoms with E-state index in [1.807, 2.05) is 47.0 Å². The lowest BCUT2D eigenvalue weighted by atomic mass is 10.1. The van der Waals surface area contributed by atoms with Gasteiger partial charge in [0, 0.05) is 62.2 Å². The van der Waals surface area contributed by atoms with Crippen molar-refractivity contribution in [1.82, 2.24) is 29.6 Å². The van der Waals surface area contributed by atoms with Crippen LogP contribution < -0.4 is 5.32 Å². The van der Waals surface area contributed by atoms with E-state index in [1.165, 1.54) is 11.1 Å². The Kier molecular flexibility index (Phi) is 4.57. The van der Waals surface area contributed by atoms with E-state index in [0.717, 1.165) is 30.0 Å². The molecule has 0 unspecified atom stereocenters. The van der Waals surface area contributed by atoms with Gasteiger partial charge in [-0.2, -0.15) is 5.10 Å². The second-order valence-corrected chi connectivity index (χ2v) is 6.11. The van der Waals surface area contributed by atoms with Crippen LogP contribution in [0.15, 0.2) is 73.7 Å². The van der Waals surface area contributed by atoms with Gasteiger partial charge in [0.1, 0.15) is 0 Å². The summed E-state index contributed by atoms with van der Waals surface area (Å²) in [6.07, 6.45) is 11.2. The summed E-state index contributed by atoms with van der Waals surface area (Å²) in [6, 6.07) is 12.3. The van der Waals surface area contributed by atoms with Crippen molar-refractivity contribution in [2.75, 3.05) is 0 Å². The molecule has 0 spiro atoms. The number of aryl methyl sites for hydroxylation is 1. The summed E-state index contributed by atoms with van der Waals surface area (Å²) < 4.78 is 3.88. The molecule has 0 atom stereocenters. The highest BCUT2D eigenvalue weighted by atomic mass is 15.3. The van der Waals surface area contributed by atoms with Crippen molar-refractivity contribution in [2.45, 2.75) is 13.1 Å². The molecule has 0 amide bonds. The maximum atomic E-state index is 4.60. The average molecular weight is 344 g/mol. The molecule has 3 aromatic heterocycles. The Bertz CT molecular complexity index is 973. The molecule has 6 heteroatoms. The SMILES string of the molecule is Cn1cc(CNCc2ccccc2-n2ccnc2)c(-c2ccncc2)n1. The smallest absolute Gasteiger partial charge is 0.0991 e. The van der Waals surface area contributed by atoms with Crippen molar-refractivity contribution in [3.8, 4) is 16.9 Å². The third kappa shape index (κ3) is 3.41. The Balaban J connectivity index is 1.50. The third-order valence-corrected chi connectivity index (χ3v) is 4.26. The van der Waals surface area contributed by atoms with Gasteiger partial charge in [-0.25, -0.2) is 4.98 Å². The molecule has 130 valence electrons. The molecule has 6 nitrogen and oxygen atoms in total. The summed E-state index contributed by atoms with van der Waals surface area (Å²) in [4.78, 5) is 8.23. The first-order valence-electron chi connectivity index (χ1n) is 8.51. The fraction of sp³-hybridized carbons (Fsp3) is 0.150. The lowest BCUT2D eigenvalue weighted by Gasteiger charge is -2.11. The van der Waals surface area contributed by atoms with Crippen LogP contribution in [-0.4, -0.2) is 24.3 Å². The van der Waals surface area contributed by atoms with Crippen molar-refractivity contribution in [3.63, 3.8) is 0 Å². The van der Waals surface area contributed by atoms with E-state index in [2.05, 4.69) is 44.8 Å². The molecule has 0 bridgehead atoms. The van der Waals surface area contributed by atoms with Gasteiger partial charge in [-0.05, 0) is 23.8 Å². The summed E-state index contributed by atoms with van der Waals surface area (Å²) in [5, 5.41) is 8.14. The van der Waals surface area contributed by atoms with Gasteiger partial charge < -0.3 is 9.88 Å². The molecule has 0 aliphatic rings. The molecule has 0 aliphatic carbocycles. The quantitative estimate of drug-likeness (QED) is 0.584. The second-order valence-electron chi connectivity index (χ2n) is 6.11. The molecule has 4 aromatic rings. The minimum Gasteiger partial charge on any atom is -0.308 e. The first kappa shape index (κ1) is 16.2. The van der Waals surface area contributed by atoms with Gasteiger partial charge in [-0.15, -0.1) is 0 Å². The van der Waals surface area contributed by atoms with Gasteiger partial charge in [0.15, 0.2) is 0 Å². The van der Waals surface area contributed by atoms with Crippen LogP contribution >= 0.6 is 0 Å². The van der Waals surface area contributed by atoms with Crippen molar-refractivity contribution in [3.05, 3.63) is 84.8 Å². The number of imidazole rings is 1. The molecule has 0 aliphatic heterocycles. The minimum absolute atomic E-state index is 0.740. The highest BCUT2D eigenvalue weighted by Crippen LogP contribution is 2.21. The van der Waals surface area contributed by atoms with Gasteiger partial charge in [-0.1, -0.05) is 18.2 Å². The molecule has 0 saturated carbocycles. The van der Waals surface area contributed by atoms with Crippen LogP contribution in [0.2, 0.25) is 0 Å². The predicted octanol–water partition coefficient (Wildman–Crippen LogP) is 2.96. The first-order valence-corrected chi connectivity index (χ1v) is 8.51. The number of hydrogen-bond donors (Lipinski definition) is 1. The first-order chi connectivity index (χ1) is 12.8. The van der Waals surface area contributed by atoms with Crippen LogP contribution in [0, 0.1) is 0 Å². The van der Waals surface area contributed by atoms with Crippen LogP contribution in [0.4, 0.5) is 0 Å². The van der Waals surface area contributed by atoms with Gasteiger partial charge in [0.25, 0.3) is 0 Å². The molecule has 26 heavy (non-hydrogen) atoms. The largest absolute Gasteiger partial charge is 0.308 e. The van der Waals surface area contributed by atoms with Crippen LogP contribution in [0.5, 0.6) is 0 Å². The molecular formula is C20H20N6. The predicted molar refractivity (Wildman–Crippen MR) is 101 cm³/mol. The molecule has 1 N–H and O–H groups in total. The summed E-state index contributed by atoms with van der Waals surface area (Å²) in [7, 11) is 1.95. The van der Waals surface area contributed by atoms with Gasteiger partial charge in [0.2, 0.25) is 0 Å². The van der Waals surface area contributed by atoms with Crippen molar-refractivity contribution in [1.29, 1.82) is 0 Å². The van der Waals surface area contributed by atoms with Crippen LogP contribution in [-0.2, 0) is 20.1 Å². The van der Waals surface area contributed by atoms with Gasteiger partial charge in [0.05, 0.1) is 17.7 Å². The van der Waals surface area contributed by atoms with Crippen molar-refractivity contribution in [2.24, 2.45) is 7.05 Å². The van der Waals surface area contributed by atoms with Gasteiger partial charge in [-0.3, -0.25) is 9.67 Å². The van der Waals surface area contributed by atoms with Crippen LogP contribution in [0.25, 0.3) is 16.9 Å². The van der Waals surface area contributed by atoms with Crippen LogP contribution in [0.3, 0.4) is 0 Å². The van der Waals surface area contributed by atoms with E-state index < -0.39 is 0 Å². The van der Waals surface area contributed by atoms with Crippen molar-refractivity contribution >= 4 is 0 Å². The zero-order valence-electron chi connectivity index (χ0n) is 14.6. The van der Waals surface area contributed by atoms with E-state index in [-0.39, 0.29) is 0 Å². The summed E-state index contributed by atoms with van der Waals surface area (Å²) in [5.41, 5.74) is 5.60. The van der Waals surface area contributed by atoms with Crippen LogP contribution in [0.1, 0.15) is 11.1 Å². The number of nitrogens with one attached hydrogen (secondary N) is 1. The molecule has 1 aromatic carbocycles. The number of hydrogen-bond acceptors (Lipinski definition) is 4. The van der Waals surface area contributed by atoms with Crippen molar-refractivity contribution < 1.29 is 0 Å². The summed E-state index contributed by atoms with van der Waals surface area (Å²) in [5.74, 6) is 0. The Labute approximate surface area is 152 Å². The zero-order chi connectivity index (χ0) is 17.8. The monoisotopic (exact) mass is 344 g/mol. The lowest BCUT2D eigenvalue weighted by molar-refractivity contribution is 0.689. The second kappa shape index (κ2) is 7.33. The Morgan fingerprint density at radius 2 is 1.73 bits per heavy atom. The highest BCUT2D eigenvalue weighted by Gasteiger charge is 2.10. The highest BCUT2D eigenvalue weighted by molar-refractivity contribution is 5.61. The number of aromatic nitrogens is 5. The number of pyridine rings is 1. The Morgan fingerprint density at radius 1 is 0.923 bits per heavy atom. The van der Waals surface area contributed by atoms with E-state index >= 15 is 0 Å². The summed E-state index contributed by atoms with van der Waals surface area (Å²) >= 11 is 0. The molecule has 0 fully saturated rings. The number of nitrogens with zero attached hydrogens (tertiary/aromatic N) is 5. The number of benzene rings is 1. The number of rotatable bonds is 6. The topological polar surface area (TPSA) is 60.6 Å². The maximum Gasteiger partial charge on any atom is 0.0991 e. The fourth-order valence-electron chi connectivity index (χ4n) is 3.07. The molecule has 4 rings (SSSR count). The lowest BCUT2D eigenvalue weighted by Crippen LogP contribution is -2.14. The normalized spacial score (nSPS) is 11.0. The molecule has 0 saturated heterocycles. The Hall–Kier alpha value is -3.25. The molecule has 3 heterocycles. The molecular weight excluding hydrogens is 324 g/mol. The summed E-state index contributed by atoms with van der Waals surface area (Å²) in [6.45, 7) is 1.50. The average Bonchev–Trinajstić information content (AvgIpc) is 3.33. The molecule has 0 radical (unpaired) electrons.